The minimum Gasteiger partial charge on any atom is -0.495 e. The van der Waals surface area contributed by atoms with E-state index in [1.165, 1.54) is 5.56 Å². The van der Waals surface area contributed by atoms with Crippen molar-refractivity contribution in [2.45, 2.75) is 26.3 Å². The number of benzene rings is 1. The molecule has 0 aromatic heterocycles. The molecule has 0 bridgehead atoms. The number of piperazine rings is 1. The summed E-state index contributed by atoms with van der Waals surface area (Å²) in [4.78, 5) is 2.57. The van der Waals surface area contributed by atoms with E-state index in [0.717, 1.165) is 48.6 Å². The molecule has 2 rings (SSSR count). The summed E-state index contributed by atoms with van der Waals surface area (Å²) < 4.78 is 11.9. The average Bonchev–Trinajstić information content (AvgIpc) is 2.53. The van der Waals surface area contributed by atoms with Gasteiger partial charge < -0.3 is 14.8 Å². The van der Waals surface area contributed by atoms with Crippen LogP contribution in [0.1, 0.15) is 31.9 Å². The molecule has 1 aliphatic rings. The molecule has 4 nitrogen and oxygen atoms in total. The Balaban J connectivity index is 0.00000264. The van der Waals surface area contributed by atoms with Crippen molar-refractivity contribution in [2.75, 3.05) is 40.4 Å². The van der Waals surface area contributed by atoms with Crippen LogP contribution >= 0.6 is 40.7 Å². The molecule has 1 N–H and O–H groups in total. The van der Waals surface area contributed by atoms with Gasteiger partial charge in [-0.2, -0.15) is 0 Å². The highest BCUT2D eigenvalue weighted by Crippen LogP contribution is 2.40. The third kappa shape index (κ3) is 5.95. The van der Waals surface area contributed by atoms with E-state index in [1.54, 1.807) is 14.2 Å². The average molecular weight is 444 g/mol. The summed E-state index contributed by atoms with van der Waals surface area (Å²) in [5.41, 5.74) is 1.27. The lowest BCUT2D eigenvalue weighted by molar-refractivity contribution is 0.153. The lowest BCUT2D eigenvalue weighted by Crippen LogP contribution is -2.45. The van der Waals surface area contributed by atoms with Crippen molar-refractivity contribution in [3.63, 3.8) is 0 Å². The number of nitrogens with one attached hydrogen (secondary N) is 1. The second kappa shape index (κ2) is 11.4. The first-order valence-corrected chi connectivity index (χ1v) is 8.72. The van der Waals surface area contributed by atoms with Crippen molar-refractivity contribution in [1.29, 1.82) is 0 Å². The molecule has 0 saturated carbocycles. The zero-order valence-electron chi connectivity index (χ0n) is 14.8. The molecule has 1 fully saturated rings. The first kappa shape index (κ1) is 23.8. The van der Waals surface area contributed by atoms with Gasteiger partial charge in [-0.25, -0.2) is 0 Å². The number of rotatable bonds is 6. The van der Waals surface area contributed by atoms with Crippen molar-refractivity contribution in [3.8, 4) is 11.5 Å². The van der Waals surface area contributed by atoms with Gasteiger partial charge in [0.1, 0.15) is 16.0 Å². The molecule has 1 atom stereocenters. The largest absolute Gasteiger partial charge is 0.495 e. The van der Waals surface area contributed by atoms with Gasteiger partial charge in [0, 0.05) is 32.2 Å². The van der Waals surface area contributed by atoms with E-state index in [-0.39, 0.29) is 24.8 Å². The molecule has 1 saturated heterocycles. The molecule has 0 spiro atoms. The number of ether oxygens (including phenoxy) is 2. The highest BCUT2D eigenvalue weighted by Gasteiger charge is 2.25. The summed E-state index contributed by atoms with van der Waals surface area (Å²) in [5.74, 6) is 2.30. The van der Waals surface area contributed by atoms with Crippen LogP contribution in [0.4, 0.5) is 0 Å². The monoisotopic (exact) mass is 442 g/mol. The molecule has 1 aliphatic heterocycles. The van der Waals surface area contributed by atoms with Crippen LogP contribution in [0, 0.1) is 5.92 Å². The van der Waals surface area contributed by atoms with Gasteiger partial charge in [-0.15, -0.1) is 24.8 Å². The first-order valence-electron chi connectivity index (χ1n) is 7.93. The Kier molecular flexibility index (Phi) is 11.3. The Morgan fingerprint density at radius 2 is 1.58 bits per heavy atom. The third-order valence-corrected chi connectivity index (χ3v) is 4.92. The van der Waals surface area contributed by atoms with Crippen LogP contribution in [0.25, 0.3) is 0 Å². The lowest BCUT2D eigenvalue weighted by Gasteiger charge is -2.36. The van der Waals surface area contributed by atoms with Crippen LogP contribution in [0.2, 0.25) is 0 Å². The van der Waals surface area contributed by atoms with Gasteiger partial charge in [-0.3, -0.25) is 4.90 Å². The normalized spacial score (nSPS) is 16.1. The second-order valence-electron chi connectivity index (χ2n) is 6.17. The quantitative estimate of drug-likeness (QED) is 0.710. The first-order chi connectivity index (χ1) is 10.6. The Labute approximate surface area is 166 Å². The van der Waals surface area contributed by atoms with E-state index in [0.29, 0.717) is 12.0 Å². The molecule has 0 unspecified atom stereocenters. The summed E-state index contributed by atoms with van der Waals surface area (Å²) in [5, 5.41) is 3.43. The Morgan fingerprint density at radius 3 is 2.00 bits per heavy atom. The predicted octanol–water partition coefficient (Wildman–Crippen LogP) is 4.30. The van der Waals surface area contributed by atoms with Crippen LogP contribution in [0.15, 0.2) is 16.6 Å². The van der Waals surface area contributed by atoms with Crippen molar-refractivity contribution in [3.05, 3.63) is 22.2 Å². The van der Waals surface area contributed by atoms with Crippen LogP contribution in [0.3, 0.4) is 0 Å². The summed E-state index contributed by atoms with van der Waals surface area (Å²) >= 11 is 3.56. The molecule has 0 aliphatic carbocycles. The van der Waals surface area contributed by atoms with Crippen molar-refractivity contribution in [2.24, 2.45) is 5.92 Å². The summed E-state index contributed by atoms with van der Waals surface area (Å²) in [6.07, 6.45) is 1.13. The number of halogens is 3. The molecule has 140 valence electrons. The SMILES string of the molecule is COc1cc([C@@H](CC(C)C)N2CCNCC2)cc(OC)c1Br.Cl.Cl. The maximum atomic E-state index is 5.51. The second-order valence-corrected chi connectivity index (χ2v) is 6.96. The Bertz CT molecular complexity index is 472. The topological polar surface area (TPSA) is 33.7 Å². The molecule has 1 aromatic carbocycles. The van der Waals surface area contributed by atoms with Crippen LogP contribution < -0.4 is 14.8 Å². The maximum Gasteiger partial charge on any atom is 0.137 e. The Morgan fingerprint density at radius 1 is 1.08 bits per heavy atom. The van der Waals surface area contributed by atoms with Gasteiger partial charge in [0.2, 0.25) is 0 Å². The zero-order chi connectivity index (χ0) is 16.1. The lowest BCUT2D eigenvalue weighted by atomic mass is 9.94. The van der Waals surface area contributed by atoms with Crippen molar-refractivity contribution >= 4 is 40.7 Å². The predicted molar refractivity (Wildman–Crippen MR) is 108 cm³/mol. The number of hydrogen-bond acceptors (Lipinski definition) is 4. The zero-order valence-corrected chi connectivity index (χ0v) is 18.0. The van der Waals surface area contributed by atoms with Crippen molar-refractivity contribution in [1.82, 2.24) is 10.2 Å². The van der Waals surface area contributed by atoms with E-state index >= 15 is 0 Å². The van der Waals surface area contributed by atoms with Gasteiger partial charge in [-0.05, 0) is 46.0 Å². The Hall–Kier alpha value is -0.200. The summed E-state index contributed by atoms with van der Waals surface area (Å²) in [7, 11) is 3.40. The molecule has 1 heterocycles. The van der Waals surface area contributed by atoms with Gasteiger partial charge in [-0.1, -0.05) is 13.8 Å². The molecular formula is C17H29BrCl2N2O2. The summed E-state index contributed by atoms with van der Waals surface area (Å²) in [6.45, 7) is 8.83. The fourth-order valence-corrected chi connectivity index (χ4v) is 3.57. The van der Waals surface area contributed by atoms with Crippen molar-refractivity contribution < 1.29 is 9.47 Å². The van der Waals surface area contributed by atoms with E-state index in [9.17, 15) is 0 Å². The van der Waals surface area contributed by atoms with E-state index < -0.39 is 0 Å². The van der Waals surface area contributed by atoms with Crippen LogP contribution in [-0.2, 0) is 0 Å². The molecule has 0 radical (unpaired) electrons. The van der Waals surface area contributed by atoms with Crippen LogP contribution in [0.5, 0.6) is 11.5 Å². The minimum absolute atomic E-state index is 0. The minimum atomic E-state index is 0. The number of hydrogen-bond donors (Lipinski definition) is 1. The maximum absolute atomic E-state index is 5.51. The van der Waals surface area contributed by atoms with E-state index in [2.05, 4.69) is 52.1 Å². The smallest absolute Gasteiger partial charge is 0.137 e. The van der Waals surface area contributed by atoms with Gasteiger partial charge in [0.05, 0.1) is 14.2 Å². The molecule has 7 heteroatoms. The molecule has 24 heavy (non-hydrogen) atoms. The molecule has 0 amide bonds. The number of methoxy groups -OCH3 is 2. The van der Waals surface area contributed by atoms with Crippen LogP contribution in [-0.4, -0.2) is 45.3 Å². The highest BCUT2D eigenvalue weighted by atomic mass is 79.9. The molecular weight excluding hydrogens is 415 g/mol. The fourth-order valence-electron chi connectivity index (χ4n) is 3.02. The molecule has 1 aromatic rings. The van der Waals surface area contributed by atoms with E-state index in [1.807, 2.05) is 0 Å². The van der Waals surface area contributed by atoms with Gasteiger partial charge in [0.25, 0.3) is 0 Å². The third-order valence-electron chi connectivity index (χ3n) is 4.14. The fraction of sp³-hybridized carbons (Fsp3) is 0.647. The summed E-state index contributed by atoms with van der Waals surface area (Å²) in [6, 6.07) is 4.68. The number of nitrogens with zero attached hydrogens (tertiary/aromatic N) is 1. The van der Waals surface area contributed by atoms with E-state index in [4.69, 9.17) is 9.47 Å². The van der Waals surface area contributed by atoms with Gasteiger partial charge >= 0.3 is 0 Å². The standard InChI is InChI=1S/C17H27BrN2O2.2ClH/c1-12(2)9-14(20-7-5-19-6-8-20)13-10-15(21-3)17(18)16(11-13)22-4;;/h10-12,14,19H,5-9H2,1-4H3;2*1H/t14-;;/m1../s1. The highest BCUT2D eigenvalue weighted by molar-refractivity contribution is 9.10. The van der Waals surface area contributed by atoms with Gasteiger partial charge in [0.15, 0.2) is 0 Å².